The molecule has 0 radical (unpaired) electrons. The Labute approximate surface area is 96.9 Å². The number of hydrogen-bond acceptors (Lipinski definition) is 3. The van der Waals surface area contributed by atoms with Gasteiger partial charge in [-0.05, 0) is 27.6 Å². The summed E-state index contributed by atoms with van der Waals surface area (Å²) in [6, 6.07) is 11.9. The van der Waals surface area contributed by atoms with Crippen LogP contribution in [-0.4, -0.2) is 17.2 Å². The van der Waals surface area contributed by atoms with E-state index in [-0.39, 0.29) is 0 Å². The predicted octanol–water partition coefficient (Wildman–Crippen LogP) is 1.73. The Kier molecular flexibility index (Phi) is 2.21. The molecule has 4 heteroatoms. The molecule has 78 valence electrons. The summed E-state index contributed by atoms with van der Waals surface area (Å²) in [6.07, 6.45) is 0. The number of hydrogen-bond donors (Lipinski definition) is 2. The molecule has 0 amide bonds. The van der Waals surface area contributed by atoms with Gasteiger partial charge in [0.1, 0.15) is 0 Å². The molecule has 1 aromatic heterocycles. The number of benzene rings is 2. The fraction of sp³-hybridized carbons (Fsp3) is 0. The molecule has 0 atom stereocenters. The molecule has 0 spiro atoms. The van der Waals surface area contributed by atoms with Crippen LogP contribution in [0, 0.1) is 0 Å². The van der Waals surface area contributed by atoms with Crippen molar-refractivity contribution in [1.29, 1.82) is 0 Å². The van der Waals surface area contributed by atoms with Crippen LogP contribution in [0.25, 0.3) is 20.9 Å². The summed E-state index contributed by atoms with van der Waals surface area (Å²) in [7, 11) is -1.41. The van der Waals surface area contributed by atoms with Gasteiger partial charge < -0.3 is 10.0 Å². The molecule has 0 fully saturated rings. The average Bonchev–Trinajstić information content (AvgIpc) is 2.76. The Bertz CT molecular complexity index is 660. The quantitative estimate of drug-likeness (QED) is 0.622. The Hall–Kier alpha value is -1.36. The number of thiophene rings is 1. The summed E-state index contributed by atoms with van der Waals surface area (Å²) in [5.74, 6) is 0. The van der Waals surface area contributed by atoms with Crippen LogP contribution in [-0.2, 0) is 0 Å². The number of fused-ring (bicyclic) bond motifs is 3. The molecule has 2 N–H and O–H groups in total. The van der Waals surface area contributed by atoms with Crippen molar-refractivity contribution in [2.75, 3.05) is 0 Å². The maximum atomic E-state index is 9.36. The summed E-state index contributed by atoms with van der Waals surface area (Å²) >= 11 is 1.54. The van der Waals surface area contributed by atoms with Crippen molar-refractivity contribution in [3.63, 3.8) is 0 Å². The fourth-order valence-corrected chi connectivity index (χ4v) is 2.98. The molecule has 0 saturated heterocycles. The minimum atomic E-state index is -1.41. The lowest BCUT2D eigenvalue weighted by Crippen LogP contribution is -2.29. The Morgan fingerprint density at radius 2 is 1.81 bits per heavy atom. The lowest BCUT2D eigenvalue weighted by molar-refractivity contribution is 0.426. The third kappa shape index (κ3) is 1.35. The summed E-state index contributed by atoms with van der Waals surface area (Å²) in [5, 5.41) is 24.0. The van der Waals surface area contributed by atoms with Crippen molar-refractivity contribution in [3.05, 3.63) is 41.8 Å². The van der Waals surface area contributed by atoms with E-state index in [1.165, 1.54) is 11.3 Å². The van der Waals surface area contributed by atoms with E-state index in [2.05, 4.69) is 6.07 Å². The van der Waals surface area contributed by atoms with Gasteiger partial charge in [0.05, 0.1) is 0 Å². The van der Waals surface area contributed by atoms with E-state index >= 15 is 0 Å². The lowest BCUT2D eigenvalue weighted by atomic mass is 9.78. The first-order valence-electron chi connectivity index (χ1n) is 5.02. The first kappa shape index (κ1) is 9.84. The standard InChI is InChI=1S/C12H9BO2S/c14-13(15)11-7-8-3-1-2-4-9(8)10-5-6-16-12(10)11/h1-7,14-15H. The monoisotopic (exact) mass is 228 g/mol. The molecule has 3 rings (SSSR count). The van der Waals surface area contributed by atoms with E-state index in [1.807, 2.05) is 35.7 Å². The van der Waals surface area contributed by atoms with Gasteiger partial charge in [-0.25, -0.2) is 0 Å². The smallest absolute Gasteiger partial charge is 0.423 e. The van der Waals surface area contributed by atoms with E-state index < -0.39 is 7.12 Å². The molecule has 0 aliphatic carbocycles. The molecular weight excluding hydrogens is 219 g/mol. The van der Waals surface area contributed by atoms with E-state index in [0.717, 1.165) is 20.9 Å². The van der Waals surface area contributed by atoms with Gasteiger partial charge in [0.15, 0.2) is 0 Å². The van der Waals surface area contributed by atoms with Crippen molar-refractivity contribution >= 4 is 44.8 Å². The first-order chi connectivity index (χ1) is 7.77. The van der Waals surface area contributed by atoms with Gasteiger partial charge in [-0.3, -0.25) is 0 Å². The van der Waals surface area contributed by atoms with Crippen LogP contribution < -0.4 is 5.46 Å². The molecule has 1 heterocycles. The van der Waals surface area contributed by atoms with Crippen LogP contribution in [0.5, 0.6) is 0 Å². The van der Waals surface area contributed by atoms with Gasteiger partial charge in [0.2, 0.25) is 0 Å². The topological polar surface area (TPSA) is 40.5 Å². The van der Waals surface area contributed by atoms with Crippen LogP contribution in [0.3, 0.4) is 0 Å². The Morgan fingerprint density at radius 1 is 1.00 bits per heavy atom. The molecule has 0 bridgehead atoms. The summed E-state index contributed by atoms with van der Waals surface area (Å²) in [5.41, 5.74) is 0.587. The third-order valence-corrected chi connectivity index (χ3v) is 3.73. The highest BCUT2D eigenvalue weighted by atomic mass is 32.1. The molecule has 0 aliphatic rings. The summed E-state index contributed by atoms with van der Waals surface area (Å²) in [4.78, 5) is 0. The van der Waals surface area contributed by atoms with Crippen LogP contribution in [0.2, 0.25) is 0 Å². The third-order valence-electron chi connectivity index (χ3n) is 2.77. The van der Waals surface area contributed by atoms with Crippen molar-refractivity contribution < 1.29 is 10.0 Å². The zero-order chi connectivity index (χ0) is 11.1. The van der Waals surface area contributed by atoms with Gasteiger partial charge in [0, 0.05) is 10.2 Å². The van der Waals surface area contributed by atoms with E-state index in [1.54, 1.807) is 0 Å². The Morgan fingerprint density at radius 3 is 2.62 bits per heavy atom. The SMILES string of the molecule is OB(O)c1cc2ccccc2c2ccsc12. The van der Waals surface area contributed by atoms with Crippen LogP contribution >= 0.6 is 11.3 Å². The minimum absolute atomic E-state index is 0.587. The molecular formula is C12H9BO2S. The van der Waals surface area contributed by atoms with Crippen molar-refractivity contribution in [2.45, 2.75) is 0 Å². The highest BCUT2D eigenvalue weighted by molar-refractivity contribution is 7.19. The maximum Gasteiger partial charge on any atom is 0.489 e. The molecule has 3 aromatic rings. The Balaban J connectivity index is 2.53. The summed E-state index contributed by atoms with van der Waals surface area (Å²) < 4.78 is 0.953. The second kappa shape index (κ2) is 3.59. The van der Waals surface area contributed by atoms with Crippen LogP contribution in [0.15, 0.2) is 41.8 Å². The predicted molar refractivity (Wildman–Crippen MR) is 69.2 cm³/mol. The van der Waals surface area contributed by atoms with Crippen molar-refractivity contribution in [2.24, 2.45) is 0 Å². The zero-order valence-electron chi connectivity index (χ0n) is 8.42. The second-order valence-electron chi connectivity index (χ2n) is 3.72. The van der Waals surface area contributed by atoms with Gasteiger partial charge >= 0.3 is 7.12 Å². The molecule has 2 nitrogen and oxygen atoms in total. The van der Waals surface area contributed by atoms with Gasteiger partial charge in [-0.15, -0.1) is 11.3 Å². The lowest BCUT2D eigenvalue weighted by Gasteiger charge is -2.05. The first-order valence-corrected chi connectivity index (χ1v) is 5.90. The molecule has 0 saturated carbocycles. The largest absolute Gasteiger partial charge is 0.489 e. The minimum Gasteiger partial charge on any atom is -0.423 e. The van der Waals surface area contributed by atoms with Crippen molar-refractivity contribution in [3.8, 4) is 0 Å². The van der Waals surface area contributed by atoms with Crippen LogP contribution in [0.1, 0.15) is 0 Å². The van der Waals surface area contributed by atoms with E-state index in [9.17, 15) is 10.0 Å². The second-order valence-corrected chi connectivity index (χ2v) is 4.64. The maximum absolute atomic E-state index is 9.36. The van der Waals surface area contributed by atoms with Gasteiger partial charge in [-0.2, -0.15) is 0 Å². The van der Waals surface area contributed by atoms with Gasteiger partial charge in [0.25, 0.3) is 0 Å². The highest BCUT2D eigenvalue weighted by Crippen LogP contribution is 2.27. The number of rotatable bonds is 1. The summed E-state index contributed by atoms with van der Waals surface area (Å²) in [6.45, 7) is 0. The average molecular weight is 228 g/mol. The zero-order valence-corrected chi connectivity index (χ0v) is 9.24. The van der Waals surface area contributed by atoms with E-state index in [4.69, 9.17) is 0 Å². The molecule has 0 unspecified atom stereocenters. The fourth-order valence-electron chi connectivity index (χ4n) is 2.04. The highest BCUT2D eigenvalue weighted by Gasteiger charge is 2.17. The molecule has 16 heavy (non-hydrogen) atoms. The molecule has 0 aliphatic heterocycles. The van der Waals surface area contributed by atoms with Crippen LogP contribution in [0.4, 0.5) is 0 Å². The van der Waals surface area contributed by atoms with E-state index in [0.29, 0.717) is 5.46 Å². The normalized spacial score (nSPS) is 11.1. The van der Waals surface area contributed by atoms with Gasteiger partial charge in [-0.1, -0.05) is 30.3 Å². The molecule has 2 aromatic carbocycles. The van der Waals surface area contributed by atoms with Crippen molar-refractivity contribution in [1.82, 2.24) is 0 Å².